The molecule has 15 heavy (non-hydrogen) atoms. The van der Waals surface area contributed by atoms with Crippen molar-refractivity contribution in [2.45, 2.75) is 0 Å². The van der Waals surface area contributed by atoms with Crippen LogP contribution in [-0.2, 0) is 0 Å². The minimum Gasteiger partial charge on any atom is -0.369 e. The summed E-state index contributed by atoms with van der Waals surface area (Å²) in [6.45, 7) is 0. The molecule has 0 aliphatic rings. The number of carbonyl (C=O) groups is 1. The van der Waals surface area contributed by atoms with Gasteiger partial charge < -0.3 is 5.73 Å². The molecule has 0 saturated carbocycles. The standard InChI is InChI=1S/C8H8Cl2N4O/c9-5-2-1-4(3-6(5)10)7(15)13-14-8(11)12/h1-3H,(H,13,15)(H4,11,12,14). The number of nitrogens with one attached hydrogen (secondary N) is 3. The second-order valence-corrected chi connectivity index (χ2v) is 3.44. The molecule has 0 bridgehead atoms. The van der Waals surface area contributed by atoms with Gasteiger partial charge in [0, 0.05) is 5.56 Å². The second kappa shape index (κ2) is 4.86. The first kappa shape index (κ1) is 11.6. The number of carbonyl (C=O) groups excluding carboxylic acids is 1. The Hall–Kier alpha value is -1.46. The van der Waals surface area contributed by atoms with Crippen molar-refractivity contribution in [2.24, 2.45) is 5.73 Å². The molecule has 0 fully saturated rings. The zero-order chi connectivity index (χ0) is 11.4. The molecule has 1 aromatic carbocycles. The van der Waals surface area contributed by atoms with E-state index in [1.54, 1.807) is 0 Å². The van der Waals surface area contributed by atoms with E-state index in [9.17, 15) is 4.79 Å². The van der Waals surface area contributed by atoms with Crippen LogP contribution in [0.3, 0.4) is 0 Å². The molecule has 0 aliphatic heterocycles. The van der Waals surface area contributed by atoms with Gasteiger partial charge in [-0.15, -0.1) is 0 Å². The maximum atomic E-state index is 11.4. The van der Waals surface area contributed by atoms with E-state index in [2.05, 4.69) is 10.9 Å². The largest absolute Gasteiger partial charge is 0.369 e. The molecule has 0 heterocycles. The Balaban J connectivity index is 2.74. The molecule has 1 aromatic rings. The molecule has 0 atom stereocenters. The van der Waals surface area contributed by atoms with Gasteiger partial charge in [0.1, 0.15) is 0 Å². The quantitative estimate of drug-likeness (QED) is 0.340. The molecule has 0 aliphatic carbocycles. The Morgan fingerprint density at radius 3 is 2.47 bits per heavy atom. The Kier molecular flexibility index (Phi) is 3.76. The van der Waals surface area contributed by atoms with E-state index in [4.69, 9.17) is 34.3 Å². The lowest BCUT2D eigenvalue weighted by atomic mass is 10.2. The lowest BCUT2D eigenvalue weighted by molar-refractivity contribution is 0.0943. The van der Waals surface area contributed by atoms with Crippen molar-refractivity contribution in [2.75, 3.05) is 0 Å². The Morgan fingerprint density at radius 2 is 1.93 bits per heavy atom. The number of nitrogens with two attached hydrogens (primary N) is 1. The summed E-state index contributed by atoms with van der Waals surface area (Å²) in [6.07, 6.45) is 0. The number of hydrogen-bond donors (Lipinski definition) is 4. The summed E-state index contributed by atoms with van der Waals surface area (Å²) in [5.74, 6) is -0.813. The van der Waals surface area contributed by atoms with Crippen LogP contribution in [0.1, 0.15) is 10.4 Å². The number of hydrogen-bond acceptors (Lipinski definition) is 2. The average Bonchev–Trinajstić information content (AvgIpc) is 2.18. The lowest BCUT2D eigenvalue weighted by Gasteiger charge is -2.06. The van der Waals surface area contributed by atoms with Crippen LogP contribution in [0, 0.1) is 5.41 Å². The maximum absolute atomic E-state index is 11.4. The number of guanidine groups is 1. The van der Waals surface area contributed by atoms with Crippen molar-refractivity contribution >= 4 is 35.1 Å². The van der Waals surface area contributed by atoms with Crippen molar-refractivity contribution in [1.29, 1.82) is 5.41 Å². The van der Waals surface area contributed by atoms with Gasteiger partial charge in [-0.2, -0.15) is 0 Å². The van der Waals surface area contributed by atoms with Gasteiger partial charge in [0.2, 0.25) is 5.96 Å². The van der Waals surface area contributed by atoms with Crippen molar-refractivity contribution in [3.63, 3.8) is 0 Å². The molecular formula is C8H8Cl2N4O. The van der Waals surface area contributed by atoms with E-state index in [0.29, 0.717) is 10.6 Å². The van der Waals surface area contributed by atoms with Crippen molar-refractivity contribution in [3.05, 3.63) is 33.8 Å². The monoisotopic (exact) mass is 246 g/mol. The molecular weight excluding hydrogens is 239 g/mol. The van der Waals surface area contributed by atoms with Crippen molar-refractivity contribution in [3.8, 4) is 0 Å². The number of benzene rings is 1. The van der Waals surface area contributed by atoms with Crippen LogP contribution in [0.25, 0.3) is 0 Å². The highest BCUT2D eigenvalue weighted by molar-refractivity contribution is 6.42. The fraction of sp³-hybridized carbons (Fsp3) is 0. The van der Waals surface area contributed by atoms with Crippen LogP contribution in [0.15, 0.2) is 18.2 Å². The fourth-order valence-electron chi connectivity index (χ4n) is 0.834. The van der Waals surface area contributed by atoms with Crippen molar-refractivity contribution < 1.29 is 4.79 Å². The molecule has 80 valence electrons. The molecule has 1 rings (SSSR count). The summed E-state index contributed by atoms with van der Waals surface area (Å²) >= 11 is 11.4. The van der Waals surface area contributed by atoms with E-state index in [1.807, 2.05) is 0 Å². The molecule has 0 saturated heterocycles. The van der Waals surface area contributed by atoms with Gasteiger partial charge in [-0.25, -0.2) is 0 Å². The number of amides is 1. The smallest absolute Gasteiger partial charge is 0.269 e. The minimum absolute atomic E-state index is 0.284. The molecule has 1 amide bonds. The van der Waals surface area contributed by atoms with E-state index in [-0.39, 0.29) is 11.0 Å². The van der Waals surface area contributed by atoms with Crippen molar-refractivity contribution in [1.82, 2.24) is 10.9 Å². The first-order valence-electron chi connectivity index (χ1n) is 3.86. The van der Waals surface area contributed by atoms with Gasteiger partial charge in [0.05, 0.1) is 10.0 Å². The van der Waals surface area contributed by atoms with Crippen LogP contribution in [0.5, 0.6) is 0 Å². The van der Waals surface area contributed by atoms with E-state index in [1.165, 1.54) is 18.2 Å². The summed E-state index contributed by atoms with van der Waals surface area (Å²) in [5, 5.41) is 7.48. The van der Waals surface area contributed by atoms with Crippen LogP contribution in [0.2, 0.25) is 10.0 Å². The highest BCUT2D eigenvalue weighted by Gasteiger charge is 2.07. The average molecular weight is 247 g/mol. The van der Waals surface area contributed by atoms with Gasteiger partial charge in [0.25, 0.3) is 5.91 Å². The highest BCUT2D eigenvalue weighted by Crippen LogP contribution is 2.22. The zero-order valence-electron chi connectivity index (χ0n) is 7.47. The van der Waals surface area contributed by atoms with Crippen LogP contribution < -0.4 is 16.6 Å². The Morgan fingerprint density at radius 1 is 1.27 bits per heavy atom. The van der Waals surface area contributed by atoms with Crippen LogP contribution in [0.4, 0.5) is 0 Å². The molecule has 5 nitrogen and oxygen atoms in total. The SMILES string of the molecule is N=C(N)NNC(=O)c1ccc(Cl)c(Cl)c1. The first-order valence-corrected chi connectivity index (χ1v) is 4.61. The maximum Gasteiger partial charge on any atom is 0.269 e. The Bertz CT molecular complexity index is 408. The third-order valence-corrected chi connectivity index (χ3v) is 2.23. The minimum atomic E-state index is -0.455. The molecule has 0 radical (unpaired) electrons. The van der Waals surface area contributed by atoms with E-state index >= 15 is 0 Å². The third-order valence-electron chi connectivity index (χ3n) is 1.49. The number of rotatable bonds is 1. The van der Waals surface area contributed by atoms with E-state index in [0.717, 1.165) is 0 Å². The summed E-state index contributed by atoms with van der Waals surface area (Å²) in [7, 11) is 0. The molecule has 0 unspecified atom stereocenters. The number of hydrazine groups is 1. The zero-order valence-corrected chi connectivity index (χ0v) is 8.99. The molecule has 0 aromatic heterocycles. The fourth-order valence-corrected chi connectivity index (χ4v) is 1.13. The number of halogens is 2. The van der Waals surface area contributed by atoms with Gasteiger partial charge in [-0.3, -0.25) is 21.1 Å². The molecule has 0 spiro atoms. The van der Waals surface area contributed by atoms with Gasteiger partial charge in [-0.1, -0.05) is 23.2 Å². The van der Waals surface area contributed by atoms with E-state index < -0.39 is 5.91 Å². The first-order chi connectivity index (χ1) is 7.00. The molecule has 5 N–H and O–H groups in total. The van der Waals surface area contributed by atoms with Gasteiger partial charge >= 0.3 is 0 Å². The van der Waals surface area contributed by atoms with Crippen LogP contribution >= 0.6 is 23.2 Å². The predicted molar refractivity (Wildman–Crippen MR) is 59.0 cm³/mol. The van der Waals surface area contributed by atoms with Gasteiger partial charge in [0.15, 0.2) is 0 Å². The summed E-state index contributed by atoms with van der Waals surface area (Å²) in [4.78, 5) is 11.4. The lowest BCUT2D eigenvalue weighted by Crippen LogP contribution is -2.44. The van der Waals surface area contributed by atoms with Gasteiger partial charge in [-0.05, 0) is 18.2 Å². The normalized spacial score (nSPS) is 9.47. The topological polar surface area (TPSA) is 91.0 Å². The van der Waals surface area contributed by atoms with Crippen LogP contribution in [-0.4, -0.2) is 11.9 Å². The Labute approximate surface area is 96.0 Å². The predicted octanol–water partition coefficient (Wildman–Crippen LogP) is 1.12. The molecule has 7 heteroatoms. The summed E-state index contributed by atoms with van der Waals surface area (Å²) in [6, 6.07) is 4.43. The summed E-state index contributed by atoms with van der Waals surface area (Å²) < 4.78 is 0. The highest BCUT2D eigenvalue weighted by atomic mass is 35.5. The summed E-state index contributed by atoms with van der Waals surface area (Å²) in [5.41, 5.74) is 9.67. The second-order valence-electron chi connectivity index (χ2n) is 2.62. The third kappa shape index (κ3) is 3.30.